The van der Waals surface area contributed by atoms with Crippen LogP contribution >= 0.6 is 31.9 Å². The van der Waals surface area contributed by atoms with Gasteiger partial charge in [0.2, 0.25) is 0 Å². The Hall–Kier alpha value is -2.84. The number of esters is 1. The summed E-state index contributed by atoms with van der Waals surface area (Å²) < 4.78 is 8.00. The molecule has 0 atom stereocenters. The topological polar surface area (TPSA) is 104 Å². The molecule has 0 saturated heterocycles. The Morgan fingerprint density at radius 1 is 0.780 bits per heavy atom. The third-order valence-electron chi connectivity index (χ3n) is 7.69. The van der Waals surface area contributed by atoms with Gasteiger partial charge in [-0.05, 0) is 78.3 Å². The van der Waals surface area contributed by atoms with E-state index >= 15 is 0 Å². The molecule has 0 spiro atoms. The average molecular weight is 688 g/mol. The summed E-state index contributed by atoms with van der Waals surface area (Å²) in [7, 11) is 0. The predicted molar refractivity (Wildman–Crippen MR) is 166 cm³/mol. The van der Waals surface area contributed by atoms with E-state index in [0.29, 0.717) is 24.0 Å². The molecule has 0 aliphatic carbocycles. The standard InChI is InChI=1S/C33H36Br2O6/c1-5-9-18-16-25(36)27(22(11-7-3)29(18)34)33(24-15-20(31(38)39)13-14-21(24)32(40)41-33)28-23(12-8-4)30(35)19(10-6-2)17-26(28)37/h13-17,36-37H,5-12H2,1-4H3,(H,38,39). The molecule has 3 N–H and O–H groups in total. The number of cyclic esters (lactones) is 1. The molecule has 6 nitrogen and oxygen atoms in total. The van der Waals surface area contributed by atoms with Crippen molar-refractivity contribution in [2.75, 3.05) is 0 Å². The Kier molecular flexibility index (Phi) is 9.54. The molecule has 3 aromatic carbocycles. The van der Waals surface area contributed by atoms with Gasteiger partial charge in [0.15, 0.2) is 5.60 Å². The summed E-state index contributed by atoms with van der Waals surface area (Å²) in [5.41, 5.74) is 2.70. The SMILES string of the molecule is CCCc1cc(O)c(C2(c3c(O)cc(CCC)c(Br)c3CCC)OC(=O)c3ccc(C(=O)O)cc32)c(CCC)c1Br. The predicted octanol–water partition coefficient (Wildman–Crippen LogP) is 8.59. The van der Waals surface area contributed by atoms with Crippen molar-refractivity contribution in [2.24, 2.45) is 0 Å². The van der Waals surface area contributed by atoms with Crippen LogP contribution in [-0.2, 0) is 36.0 Å². The molecule has 0 fully saturated rings. The second kappa shape index (κ2) is 12.6. The molecular weight excluding hydrogens is 652 g/mol. The smallest absolute Gasteiger partial charge is 0.340 e. The number of hydrogen-bond acceptors (Lipinski definition) is 5. The highest BCUT2D eigenvalue weighted by Gasteiger charge is 2.54. The van der Waals surface area contributed by atoms with Crippen LogP contribution in [0.1, 0.15) is 113 Å². The highest BCUT2D eigenvalue weighted by molar-refractivity contribution is 9.10. The van der Waals surface area contributed by atoms with Gasteiger partial charge in [0.25, 0.3) is 0 Å². The molecule has 1 aliphatic heterocycles. The minimum absolute atomic E-state index is 0.0252. The maximum atomic E-state index is 13.6. The Morgan fingerprint density at radius 3 is 1.66 bits per heavy atom. The Morgan fingerprint density at radius 2 is 1.24 bits per heavy atom. The monoisotopic (exact) mass is 686 g/mol. The lowest BCUT2D eigenvalue weighted by molar-refractivity contribution is 0.0234. The van der Waals surface area contributed by atoms with Crippen LogP contribution in [0.2, 0.25) is 0 Å². The number of aromatic hydroxyl groups is 2. The van der Waals surface area contributed by atoms with Crippen molar-refractivity contribution in [3.63, 3.8) is 0 Å². The Labute approximate surface area is 258 Å². The van der Waals surface area contributed by atoms with E-state index < -0.39 is 17.5 Å². The average Bonchev–Trinajstić information content (AvgIpc) is 3.21. The quantitative estimate of drug-likeness (QED) is 0.175. The van der Waals surface area contributed by atoms with E-state index in [2.05, 4.69) is 45.7 Å². The molecule has 0 radical (unpaired) electrons. The van der Waals surface area contributed by atoms with Crippen LogP contribution in [0.4, 0.5) is 0 Å². The molecule has 0 bridgehead atoms. The van der Waals surface area contributed by atoms with Crippen LogP contribution in [0.25, 0.3) is 0 Å². The van der Waals surface area contributed by atoms with Crippen LogP contribution in [0.3, 0.4) is 0 Å². The number of rotatable bonds is 11. The molecule has 3 aromatic rings. The molecule has 41 heavy (non-hydrogen) atoms. The maximum Gasteiger partial charge on any atom is 0.340 e. The summed E-state index contributed by atoms with van der Waals surface area (Å²) in [6.07, 6.45) is 5.74. The van der Waals surface area contributed by atoms with Crippen molar-refractivity contribution in [2.45, 2.75) is 84.7 Å². The molecular formula is C33H36Br2O6. The number of fused-ring (bicyclic) bond motifs is 1. The molecule has 218 valence electrons. The van der Waals surface area contributed by atoms with Crippen molar-refractivity contribution in [1.82, 2.24) is 0 Å². The van der Waals surface area contributed by atoms with Gasteiger partial charge < -0.3 is 20.1 Å². The van der Waals surface area contributed by atoms with Gasteiger partial charge in [-0.3, -0.25) is 0 Å². The summed E-state index contributed by atoms with van der Waals surface area (Å²) in [5, 5.41) is 33.6. The van der Waals surface area contributed by atoms with Crippen molar-refractivity contribution < 1.29 is 29.6 Å². The Bertz CT molecular complexity index is 1440. The third-order valence-corrected chi connectivity index (χ3v) is 9.66. The van der Waals surface area contributed by atoms with Gasteiger partial charge in [-0.1, -0.05) is 85.2 Å². The van der Waals surface area contributed by atoms with Crippen molar-refractivity contribution in [3.8, 4) is 11.5 Å². The van der Waals surface area contributed by atoms with E-state index in [0.717, 1.165) is 69.7 Å². The van der Waals surface area contributed by atoms with Crippen LogP contribution in [0, 0.1) is 0 Å². The largest absolute Gasteiger partial charge is 0.507 e. The van der Waals surface area contributed by atoms with Gasteiger partial charge in [0.05, 0.1) is 22.3 Å². The fourth-order valence-corrected chi connectivity index (χ4v) is 7.49. The fourth-order valence-electron chi connectivity index (χ4n) is 6.07. The van der Waals surface area contributed by atoms with E-state index in [-0.39, 0.29) is 28.2 Å². The summed E-state index contributed by atoms with van der Waals surface area (Å²) in [4.78, 5) is 25.8. The zero-order valence-electron chi connectivity index (χ0n) is 23.9. The first kappa shape index (κ1) is 31.1. The maximum absolute atomic E-state index is 13.6. The first-order valence-electron chi connectivity index (χ1n) is 14.3. The third kappa shape index (κ3) is 5.29. The minimum Gasteiger partial charge on any atom is -0.507 e. The molecule has 8 heteroatoms. The van der Waals surface area contributed by atoms with Crippen LogP contribution < -0.4 is 0 Å². The number of carbonyl (C=O) groups is 2. The molecule has 0 aromatic heterocycles. The first-order chi connectivity index (χ1) is 19.6. The van der Waals surface area contributed by atoms with Gasteiger partial charge in [0.1, 0.15) is 11.5 Å². The summed E-state index contributed by atoms with van der Waals surface area (Å²) in [6.45, 7) is 8.18. The molecule has 0 saturated carbocycles. The number of carboxylic acids is 1. The molecule has 0 unspecified atom stereocenters. The lowest BCUT2D eigenvalue weighted by atomic mass is 9.73. The van der Waals surface area contributed by atoms with Crippen LogP contribution in [-0.4, -0.2) is 27.3 Å². The molecule has 1 heterocycles. The van der Waals surface area contributed by atoms with Crippen molar-refractivity contribution >= 4 is 43.8 Å². The molecule has 4 rings (SSSR count). The first-order valence-corrected chi connectivity index (χ1v) is 15.8. The van der Waals surface area contributed by atoms with E-state index in [4.69, 9.17) is 4.74 Å². The van der Waals surface area contributed by atoms with E-state index in [1.807, 2.05) is 13.8 Å². The number of aromatic carboxylic acids is 1. The van der Waals surface area contributed by atoms with E-state index in [1.54, 1.807) is 12.1 Å². The number of aryl methyl sites for hydroxylation is 2. The van der Waals surface area contributed by atoms with Gasteiger partial charge >= 0.3 is 11.9 Å². The van der Waals surface area contributed by atoms with Crippen molar-refractivity contribution in [3.05, 3.63) is 89.3 Å². The summed E-state index contributed by atoms with van der Waals surface area (Å²) >= 11 is 7.60. The number of hydrogen-bond donors (Lipinski definition) is 3. The molecule has 0 amide bonds. The van der Waals surface area contributed by atoms with E-state index in [9.17, 15) is 24.9 Å². The second-order valence-corrected chi connectivity index (χ2v) is 12.2. The fraction of sp³-hybridized carbons (Fsp3) is 0.394. The summed E-state index contributed by atoms with van der Waals surface area (Å²) in [5.74, 6) is -1.95. The number of phenols is 2. The number of ether oxygens (including phenoxy) is 1. The van der Waals surface area contributed by atoms with Gasteiger partial charge in [-0.2, -0.15) is 0 Å². The normalized spacial score (nSPS) is 13.8. The van der Waals surface area contributed by atoms with E-state index in [1.165, 1.54) is 18.2 Å². The number of benzene rings is 3. The van der Waals surface area contributed by atoms with Gasteiger partial charge in [0, 0.05) is 14.5 Å². The van der Waals surface area contributed by atoms with Crippen LogP contribution in [0.5, 0.6) is 11.5 Å². The highest BCUT2D eigenvalue weighted by Crippen LogP contribution is 2.57. The number of carbonyl (C=O) groups excluding carboxylic acids is 1. The number of carboxylic acid groups (broad SMARTS) is 1. The number of phenolic OH excluding ortho intramolecular Hbond substituents is 2. The Balaban J connectivity index is 2.27. The molecule has 1 aliphatic rings. The van der Waals surface area contributed by atoms with Crippen molar-refractivity contribution in [1.29, 1.82) is 0 Å². The zero-order chi connectivity index (χ0) is 30.1. The van der Waals surface area contributed by atoms with Gasteiger partial charge in [-0.25, -0.2) is 9.59 Å². The number of halogens is 2. The zero-order valence-corrected chi connectivity index (χ0v) is 27.0. The minimum atomic E-state index is -1.79. The lowest BCUT2D eigenvalue weighted by Gasteiger charge is -2.36. The second-order valence-electron chi connectivity index (χ2n) is 10.6. The lowest BCUT2D eigenvalue weighted by Crippen LogP contribution is -2.33. The summed E-state index contributed by atoms with van der Waals surface area (Å²) in [6, 6.07) is 7.64. The highest BCUT2D eigenvalue weighted by atomic mass is 79.9. The van der Waals surface area contributed by atoms with Gasteiger partial charge in [-0.15, -0.1) is 0 Å². The van der Waals surface area contributed by atoms with Crippen LogP contribution in [0.15, 0.2) is 39.3 Å².